The van der Waals surface area contributed by atoms with E-state index in [1.807, 2.05) is 0 Å². The van der Waals surface area contributed by atoms with Gasteiger partial charge in [-0.05, 0) is 47.6 Å². The van der Waals surface area contributed by atoms with E-state index < -0.39 is 0 Å². The van der Waals surface area contributed by atoms with Crippen molar-refractivity contribution in [1.82, 2.24) is 0 Å². The summed E-state index contributed by atoms with van der Waals surface area (Å²) in [5.74, 6) is 0. The molecule has 0 fully saturated rings. The lowest BCUT2D eigenvalue weighted by Gasteiger charge is -2.20. The van der Waals surface area contributed by atoms with Crippen molar-refractivity contribution in [3.05, 3.63) is 77.5 Å². The first-order chi connectivity index (χ1) is 11.8. The Kier molecular flexibility index (Phi) is 4.51. The highest BCUT2D eigenvalue weighted by atomic mass is 14.9. The molecule has 1 nitrogen and oxygen atoms in total. The summed E-state index contributed by atoms with van der Waals surface area (Å²) in [5.41, 5.74) is 9.31. The molecular formula is C24H28N+. The normalized spacial score (nSPS) is 11.6. The molecule has 0 N–H and O–H groups in total. The summed E-state index contributed by atoms with van der Waals surface area (Å²) in [6, 6.07) is 19.8. The van der Waals surface area contributed by atoms with Crippen LogP contribution in [0.15, 0.2) is 60.8 Å². The summed E-state index contributed by atoms with van der Waals surface area (Å²) in [6.45, 7) is 11.2. The Hall–Kier alpha value is -2.41. The number of pyridine rings is 1. The Morgan fingerprint density at radius 3 is 2.00 bits per heavy atom. The van der Waals surface area contributed by atoms with Gasteiger partial charge in [0.1, 0.15) is 7.05 Å². The molecule has 2 aromatic carbocycles. The average Bonchev–Trinajstić information content (AvgIpc) is 2.57. The lowest BCUT2D eigenvalue weighted by atomic mass is 9.85. The molecule has 25 heavy (non-hydrogen) atoms. The SMILES string of the molecule is Cc1cc(-c2ccc(C(C)(C)C)cc2C)[n+](C)cc1-c1ccccc1. The van der Waals surface area contributed by atoms with Crippen molar-refractivity contribution in [1.29, 1.82) is 0 Å². The molecular weight excluding hydrogens is 302 g/mol. The highest BCUT2D eigenvalue weighted by molar-refractivity contribution is 5.69. The molecule has 0 saturated carbocycles. The second-order valence-electron chi connectivity index (χ2n) is 8.01. The fourth-order valence-electron chi connectivity index (χ4n) is 3.35. The Morgan fingerprint density at radius 2 is 1.40 bits per heavy atom. The second kappa shape index (κ2) is 6.48. The molecule has 0 amide bonds. The van der Waals surface area contributed by atoms with Crippen LogP contribution in [0.5, 0.6) is 0 Å². The number of benzene rings is 2. The van der Waals surface area contributed by atoms with Crippen molar-refractivity contribution in [2.45, 2.75) is 40.0 Å². The van der Waals surface area contributed by atoms with Gasteiger partial charge in [-0.2, -0.15) is 0 Å². The van der Waals surface area contributed by atoms with Crippen LogP contribution in [0.1, 0.15) is 37.5 Å². The molecule has 0 radical (unpaired) electrons. The maximum atomic E-state index is 2.33. The van der Waals surface area contributed by atoms with Crippen LogP contribution in [0.25, 0.3) is 22.4 Å². The standard InChI is InChI=1S/C24H28N/c1-17-14-20(24(3,4)5)12-13-21(17)23-15-18(2)22(16-25(23)6)19-10-8-7-9-11-19/h7-16H,1-6H3/q+1. The third-order valence-corrected chi connectivity index (χ3v) is 4.93. The van der Waals surface area contributed by atoms with Gasteiger partial charge in [0.25, 0.3) is 0 Å². The predicted octanol–water partition coefficient (Wildman–Crippen LogP) is 5.76. The van der Waals surface area contributed by atoms with Gasteiger partial charge in [0.05, 0.1) is 0 Å². The molecule has 0 spiro atoms. The number of nitrogens with zero attached hydrogens (tertiary/aromatic N) is 1. The summed E-state index contributed by atoms with van der Waals surface area (Å²) in [6.07, 6.45) is 2.25. The highest BCUT2D eigenvalue weighted by Crippen LogP contribution is 2.30. The van der Waals surface area contributed by atoms with E-state index in [2.05, 4.69) is 107 Å². The smallest absolute Gasteiger partial charge is 0.200 e. The number of hydrogen-bond acceptors (Lipinski definition) is 0. The maximum absolute atomic E-state index is 2.33. The Labute approximate surface area is 152 Å². The Bertz CT molecular complexity index is 899. The van der Waals surface area contributed by atoms with Crippen molar-refractivity contribution in [2.75, 3.05) is 0 Å². The number of aromatic nitrogens is 1. The van der Waals surface area contributed by atoms with Gasteiger partial charge in [0.2, 0.25) is 5.69 Å². The monoisotopic (exact) mass is 330 g/mol. The zero-order valence-electron chi connectivity index (χ0n) is 16.2. The minimum atomic E-state index is 0.179. The molecule has 1 heteroatoms. The molecule has 0 atom stereocenters. The van der Waals surface area contributed by atoms with Crippen LogP contribution in [0.4, 0.5) is 0 Å². The molecule has 3 aromatic rings. The fraction of sp³-hybridized carbons (Fsp3) is 0.292. The first kappa shape index (κ1) is 17.4. The van der Waals surface area contributed by atoms with E-state index in [1.54, 1.807) is 0 Å². The van der Waals surface area contributed by atoms with Crippen molar-refractivity contribution in [3.63, 3.8) is 0 Å². The van der Waals surface area contributed by atoms with Crippen LogP contribution in [0.3, 0.4) is 0 Å². The molecule has 0 aliphatic heterocycles. The highest BCUT2D eigenvalue weighted by Gasteiger charge is 2.19. The first-order valence-corrected chi connectivity index (χ1v) is 8.94. The molecule has 3 rings (SSSR count). The van der Waals surface area contributed by atoms with Gasteiger partial charge in [0.15, 0.2) is 6.20 Å². The lowest BCUT2D eigenvalue weighted by Crippen LogP contribution is -2.31. The number of rotatable bonds is 2. The second-order valence-corrected chi connectivity index (χ2v) is 8.01. The zero-order valence-corrected chi connectivity index (χ0v) is 16.2. The van der Waals surface area contributed by atoms with E-state index in [0.717, 1.165) is 0 Å². The number of aryl methyl sites for hydroxylation is 3. The van der Waals surface area contributed by atoms with Crippen LogP contribution < -0.4 is 4.57 Å². The Balaban J connectivity index is 2.09. The van der Waals surface area contributed by atoms with Crippen LogP contribution in [0, 0.1) is 13.8 Å². The van der Waals surface area contributed by atoms with Crippen LogP contribution in [0.2, 0.25) is 0 Å². The minimum Gasteiger partial charge on any atom is -0.200 e. The van der Waals surface area contributed by atoms with Gasteiger partial charge in [-0.25, -0.2) is 4.57 Å². The summed E-state index contributed by atoms with van der Waals surface area (Å²) >= 11 is 0. The van der Waals surface area contributed by atoms with Crippen LogP contribution in [-0.2, 0) is 12.5 Å². The molecule has 0 bridgehead atoms. The minimum absolute atomic E-state index is 0.179. The van der Waals surface area contributed by atoms with Gasteiger partial charge in [-0.3, -0.25) is 0 Å². The molecule has 1 aromatic heterocycles. The third-order valence-electron chi connectivity index (χ3n) is 4.93. The van der Waals surface area contributed by atoms with Gasteiger partial charge in [0, 0.05) is 17.2 Å². The zero-order chi connectivity index (χ0) is 18.2. The first-order valence-electron chi connectivity index (χ1n) is 8.94. The summed E-state index contributed by atoms with van der Waals surface area (Å²) in [4.78, 5) is 0. The molecule has 128 valence electrons. The quantitative estimate of drug-likeness (QED) is 0.526. The van der Waals surface area contributed by atoms with Gasteiger partial charge in [-0.15, -0.1) is 0 Å². The molecule has 0 saturated heterocycles. The molecule has 0 unspecified atom stereocenters. The number of hydrogen-bond donors (Lipinski definition) is 0. The molecule has 0 aliphatic rings. The lowest BCUT2D eigenvalue weighted by molar-refractivity contribution is -0.660. The summed E-state index contributed by atoms with van der Waals surface area (Å²) in [5, 5.41) is 0. The van der Waals surface area contributed by atoms with Crippen molar-refractivity contribution >= 4 is 0 Å². The van der Waals surface area contributed by atoms with Gasteiger partial charge < -0.3 is 0 Å². The average molecular weight is 330 g/mol. The summed E-state index contributed by atoms with van der Waals surface area (Å²) < 4.78 is 2.24. The largest absolute Gasteiger partial charge is 0.212 e. The van der Waals surface area contributed by atoms with Crippen LogP contribution in [-0.4, -0.2) is 0 Å². The van der Waals surface area contributed by atoms with Crippen molar-refractivity contribution < 1.29 is 4.57 Å². The van der Waals surface area contributed by atoms with E-state index in [4.69, 9.17) is 0 Å². The van der Waals surface area contributed by atoms with Crippen molar-refractivity contribution in [3.8, 4) is 22.4 Å². The topological polar surface area (TPSA) is 3.88 Å². The van der Waals surface area contributed by atoms with E-state index in [-0.39, 0.29) is 5.41 Å². The fourth-order valence-corrected chi connectivity index (χ4v) is 3.35. The predicted molar refractivity (Wildman–Crippen MR) is 107 cm³/mol. The Morgan fingerprint density at radius 1 is 0.760 bits per heavy atom. The van der Waals surface area contributed by atoms with E-state index >= 15 is 0 Å². The summed E-state index contributed by atoms with van der Waals surface area (Å²) in [7, 11) is 2.14. The van der Waals surface area contributed by atoms with E-state index in [9.17, 15) is 0 Å². The van der Waals surface area contributed by atoms with Gasteiger partial charge >= 0.3 is 0 Å². The van der Waals surface area contributed by atoms with Crippen LogP contribution >= 0.6 is 0 Å². The van der Waals surface area contributed by atoms with Crippen molar-refractivity contribution in [2.24, 2.45) is 7.05 Å². The van der Waals surface area contributed by atoms with Gasteiger partial charge in [-0.1, -0.05) is 63.2 Å². The maximum Gasteiger partial charge on any atom is 0.212 e. The third kappa shape index (κ3) is 3.51. The molecule has 1 heterocycles. The van der Waals surface area contributed by atoms with E-state index in [1.165, 1.54) is 39.1 Å². The molecule has 0 aliphatic carbocycles. The van der Waals surface area contributed by atoms with E-state index in [0.29, 0.717) is 0 Å².